The second-order valence-corrected chi connectivity index (χ2v) is 6.04. The van der Waals surface area contributed by atoms with Gasteiger partial charge in [-0.1, -0.05) is 29.8 Å². The second-order valence-electron chi connectivity index (χ2n) is 5.64. The van der Waals surface area contributed by atoms with E-state index in [1.807, 2.05) is 23.1 Å². The summed E-state index contributed by atoms with van der Waals surface area (Å²) in [6.45, 7) is 5.68. The molecule has 0 spiro atoms. The molecule has 1 aromatic carbocycles. The minimum atomic E-state index is -0.471. The average Bonchev–Trinajstić information content (AvgIpc) is 2.55. The van der Waals surface area contributed by atoms with Gasteiger partial charge in [-0.3, -0.25) is 19.9 Å². The van der Waals surface area contributed by atoms with Crippen molar-refractivity contribution < 1.29 is 9.59 Å². The Morgan fingerprint density at radius 2 is 1.87 bits per heavy atom. The van der Waals surface area contributed by atoms with Gasteiger partial charge in [-0.15, -0.1) is 0 Å². The van der Waals surface area contributed by atoms with Crippen LogP contribution in [0.25, 0.3) is 0 Å². The molecule has 1 heterocycles. The lowest BCUT2D eigenvalue weighted by Crippen LogP contribution is -2.51. The lowest BCUT2D eigenvalue weighted by molar-refractivity contribution is -0.121. The average molecular weight is 339 g/mol. The quantitative estimate of drug-likeness (QED) is 0.872. The van der Waals surface area contributed by atoms with Gasteiger partial charge in [-0.2, -0.15) is 0 Å². The van der Waals surface area contributed by atoms with E-state index < -0.39 is 6.03 Å². The van der Waals surface area contributed by atoms with Crippen LogP contribution in [0.4, 0.5) is 4.79 Å². The molecule has 3 amide bonds. The van der Waals surface area contributed by atoms with Crippen molar-refractivity contribution in [1.29, 1.82) is 0 Å². The highest BCUT2D eigenvalue weighted by atomic mass is 35.5. The minimum Gasteiger partial charge on any atom is -0.341 e. The Morgan fingerprint density at radius 3 is 2.48 bits per heavy atom. The molecule has 1 unspecified atom stereocenters. The number of imide groups is 1. The number of hydrogen-bond acceptors (Lipinski definition) is 4. The molecule has 1 fully saturated rings. The first kappa shape index (κ1) is 17.7. The molecular formula is C16H23ClN4O2. The largest absolute Gasteiger partial charge is 0.341 e. The van der Waals surface area contributed by atoms with Gasteiger partial charge in [0.25, 0.3) is 0 Å². The predicted octanol–water partition coefficient (Wildman–Crippen LogP) is 1.47. The Bertz CT molecular complexity index is 559. The van der Waals surface area contributed by atoms with E-state index in [9.17, 15) is 9.59 Å². The highest BCUT2D eigenvalue weighted by Gasteiger charge is 2.24. The van der Waals surface area contributed by atoms with Crippen molar-refractivity contribution in [3.8, 4) is 0 Å². The Kier molecular flexibility index (Phi) is 6.38. The highest BCUT2D eigenvalue weighted by Crippen LogP contribution is 2.27. The number of urea groups is 1. The van der Waals surface area contributed by atoms with Gasteiger partial charge in [0.15, 0.2) is 0 Å². The number of amides is 3. The van der Waals surface area contributed by atoms with E-state index in [-0.39, 0.29) is 18.5 Å². The van der Waals surface area contributed by atoms with Crippen molar-refractivity contribution in [2.45, 2.75) is 13.0 Å². The molecule has 1 atom stereocenters. The second kappa shape index (κ2) is 8.29. The standard InChI is InChI=1S/C16H23ClN4O2/c1-12(13-5-3-4-6-14(13)17)21-9-7-20(8-10-21)11-15(22)19-16(23)18-2/h3-6,12H,7-11H2,1-2H3,(H2,18,19,22,23). The number of carbonyl (C=O) groups is 2. The number of rotatable bonds is 4. The van der Waals surface area contributed by atoms with Gasteiger partial charge in [0.2, 0.25) is 5.91 Å². The molecule has 0 saturated carbocycles. The van der Waals surface area contributed by atoms with Crippen LogP contribution in [0.5, 0.6) is 0 Å². The number of nitrogens with one attached hydrogen (secondary N) is 2. The number of piperazine rings is 1. The summed E-state index contributed by atoms with van der Waals surface area (Å²) < 4.78 is 0. The van der Waals surface area contributed by atoms with Crippen LogP contribution in [0.15, 0.2) is 24.3 Å². The van der Waals surface area contributed by atoms with Crippen molar-refractivity contribution in [2.24, 2.45) is 0 Å². The van der Waals surface area contributed by atoms with E-state index in [2.05, 4.69) is 28.5 Å². The summed E-state index contributed by atoms with van der Waals surface area (Å²) in [4.78, 5) is 27.2. The molecule has 23 heavy (non-hydrogen) atoms. The third-order valence-electron chi connectivity index (χ3n) is 4.16. The zero-order valence-electron chi connectivity index (χ0n) is 13.5. The van der Waals surface area contributed by atoms with Gasteiger partial charge in [0.05, 0.1) is 6.54 Å². The monoisotopic (exact) mass is 338 g/mol. The molecule has 0 aromatic heterocycles. The SMILES string of the molecule is CNC(=O)NC(=O)CN1CCN(C(C)c2ccccc2Cl)CC1. The predicted molar refractivity (Wildman–Crippen MR) is 90.5 cm³/mol. The normalized spacial score (nSPS) is 17.5. The fourth-order valence-corrected chi connectivity index (χ4v) is 3.04. The van der Waals surface area contributed by atoms with Gasteiger partial charge in [-0.25, -0.2) is 4.79 Å². The molecule has 1 saturated heterocycles. The first-order valence-electron chi connectivity index (χ1n) is 7.73. The van der Waals surface area contributed by atoms with Gasteiger partial charge < -0.3 is 5.32 Å². The first-order valence-corrected chi connectivity index (χ1v) is 8.11. The zero-order chi connectivity index (χ0) is 16.8. The fraction of sp³-hybridized carbons (Fsp3) is 0.500. The van der Waals surface area contributed by atoms with E-state index >= 15 is 0 Å². The van der Waals surface area contributed by atoms with Crippen LogP contribution in [0.2, 0.25) is 5.02 Å². The van der Waals surface area contributed by atoms with Crippen LogP contribution < -0.4 is 10.6 Å². The number of carbonyl (C=O) groups excluding carboxylic acids is 2. The van der Waals surface area contributed by atoms with Crippen LogP contribution in [-0.4, -0.2) is 61.5 Å². The summed E-state index contributed by atoms with van der Waals surface area (Å²) in [5.74, 6) is -0.281. The highest BCUT2D eigenvalue weighted by molar-refractivity contribution is 6.31. The number of hydrogen-bond donors (Lipinski definition) is 2. The van der Waals surface area contributed by atoms with Crippen LogP contribution in [0.1, 0.15) is 18.5 Å². The summed E-state index contributed by atoms with van der Waals surface area (Å²) in [5.41, 5.74) is 1.12. The van der Waals surface area contributed by atoms with Gasteiger partial charge in [-0.05, 0) is 18.6 Å². The molecule has 126 valence electrons. The maximum atomic E-state index is 11.7. The van der Waals surface area contributed by atoms with Crippen molar-refractivity contribution in [1.82, 2.24) is 20.4 Å². The Hall–Kier alpha value is -1.63. The van der Waals surface area contributed by atoms with Crippen LogP contribution in [-0.2, 0) is 4.79 Å². The fourth-order valence-electron chi connectivity index (χ4n) is 2.75. The maximum absolute atomic E-state index is 11.7. The molecular weight excluding hydrogens is 316 g/mol. The summed E-state index contributed by atoms with van der Waals surface area (Å²) in [6.07, 6.45) is 0. The maximum Gasteiger partial charge on any atom is 0.321 e. The van der Waals surface area contributed by atoms with Gasteiger partial charge in [0, 0.05) is 44.3 Å². The Morgan fingerprint density at radius 1 is 1.22 bits per heavy atom. The van der Waals surface area contributed by atoms with Crippen molar-refractivity contribution >= 4 is 23.5 Å². The molecule has 6 nitrogen and oxygen atoms in total. The van der Waals surface area contributed by atoms with Crippen molar-refractivity contribution in [3.63, 3.8) is 0 Å². The van der Waals surface area contributed by atoms with E-state index in [0.717, 1.165) is 36.8 Å². The van der Waals surface area contributed by atoms with Gasteiger partial charge in [0.1, 0.15) is 0 Å². The molecule has 1 aliphatic heterocycles. The van der Waals surface area contributed by atoms with Gasteiger partial charge >= 0.3 is 6.03 Å². The minimum absolute atomic E-state index is 0.238. The molecule has 0 bridgehead atoms. The molecule has 7 heteroatoms. The van der Waals surface area contributed by atoms with Crippen LogP contribution in [0.3, 0.4) is 0 Å². The number of halogens is 1. The molecule has 1 aliphatic rings. The van der Waals surface area contributed by atoms with E-state index in [1.165, 1.54) is 7.05 Å². The third-order valence-corrected chi connectivity index (χ3v) is 4.50. The lowest BCUT2D eigenvalue weighted by Gasteiger charge is -2.38. The van der Waals surface area contributed by atoms with E-state index in [0.29, 0.717) is 0 Å². The summed E-state index contributed by atoms with van der Waals surface area (Å²) in [7, 11) is 1.48. The topological polar surface area (TPSA) is 64.7 Å². The lowest BCUT2D eigenvalue weighted by atomic mass is 10.1. The van der Waals surface area contributed by atoms with Crippen molar-refractivity contribution in [3.05, 3.63) is 34.9 Å². The molecule has 2 N–H and O–H groups in total. The van der Waals surface area contributed by atoms with Crippen LogP contribution >= 0.6 is 11.6 Å². The third kappa shape index (κ3) is 4.92. The van der Waals surface area contributed by atoms with E-state index in [4.69, 9.17) is 11.6 Å². The van der Waals surface area contributed by atoms with E-state index in [1.54, 1.807) is 0 Å². The summed E-state index contributed by atoms with van der Waals surface area (Å²) >= 11 is 6.27. The molecule has 1 aromatic rings. The number of nitrogens with zero attached hydrogens (tertiary/aromatic N) is 2. The molecule has 2 rings (SSSR count). The summed E-state index contributed by atoms with van der Waals surface area (Å²) in [5, 5.41) is 5.44. The first-order chi connectivity index (χ1) is 11.0. The Balaban J connectivity index is 1.83. The smallest absolute Gasteiger partial charge is 0.321 e. The Labute approximate surface area is 141 Å². The number of benzene rings is 1. The van der Waals surface area contributed by atoms with Crippen LogP contribution in [0, 0.1) is 0 Å². The zero-order valence-corrected chi connectivity index (χ0v) is 14.3. The van der Waals surface area contributed by atoms with Crippen molar-refractivity contribution in [2.75, 3.05) is 39.8 Å². The molecule has 0 aliphatic carbocycles. The molecule has 0 radical (unpaired) electrons. The summed E-state index contributed by atoms with van der Waals surface area (Å²) in [6, 6.07) is 7.66.